The molecule has 0 saturated heterocycles. The van der Waals surface area contributed by atoms with Crippen molar-refractivity contribution in [3.63, 3.8) is 0 Å². The molecule has 0 radical (unpaired) electrons. The molecule has 5 nitrogen and oxygen atoms in total. The topological polar surface area (TPSA) is 64.8 Å². The Morgan fingerprint density at radius 2 is 1.51 bits per heavy atom. The Bertz CT molecular complexity index is 1870. The molecule has 0 N–H and O–H groups in total. The Morgan fingerprint density at radius 1 is 0.771 bits per heavy atom. The number of rotatable bonds is 3. The standard InChI is InChI=1S/C28H19N3O2S2/c1-2-26-29-21-7-5-9-25-27(21)31(26)22-16-19(14-15-24(22)35(25,32)33)17-10-12-18(13-11-17)28-30-20-6-3-4-8-23(20)34-28/h3-16H,2H2,1H3. The Balaban J connectivity index is 1.36. The summed E-state index contributed by atoms with van der Waals surface area (Å²) in [7, 11) is -3.62. The molecule has 7 heteroatoms. The highest BCUT2D eigenvalue weighted by molar-refractivity contribution is 7.92. The number of imidazole rings is 1. The Kier molecular flexibility index (Phi) is 4.31. The summed E-state index contributed by atoms with van der Waals surface area (Å²) in [6.07, 6.45) is 0.703. The van der Waals surface area contributed by atoms with Gasteiger partial charge in [0.25, 0.3) is 0 Å². The van der Waals surface area contributed by atoms with Crippen molar-refractivity contribution in [2.75, 3.05) is 0 Å². The fourth-order valence-electron chi connectivity index (χ4n) is 4.88. The van der Waals surface area contributed by atoms with Gasteiger partial charge in [-0.05, 0) is 47.5 Å². The van der Waals surface area contributed by atoms with Crippen molar-refractivity contribution >= 4 is 42.4 Å². The highest BCUT2D eigenvalue weighted by atomic mass is 32.2. The molecule has 0 bridgehead atoms. The molecule has 6 aromatic rings. The third kappa shape index (κ3) is 2.95. The predicted molar refractivity (Wildman–Crippen MR) is 140 cm³/mol. The van der Waals surface area contributed by atoms with Crippen LogP contribution in [0.2, 0.25) is 0 Å². The molecule has 0 spiro atoms. The van der Waals surface area contributed by atoms with Gasteiger partial charge in [-0.2, -0.15) is 0 Å². The van der Waals surface area contributed by atoms with Gasteiger partial charge in [0.1, 0.15) is 10.8 Å². The van der Waals surface area contributed by atoms with Crippen LogP contribution < -0.4 is 0 Å². The average Bonchev–Trinajstić information content (AvgIpc) is 3.49. The van der Waals surface area contributed by atoms with Crippen LogP contribution >= 0.6 is 11.3 Å². The van der Waals surface area contributed by atoms with Gasteiger partial charge in [0.05, 0.1) is 36.7 Å². The van der Waals surface area contributed by atoms with E-state index in [0.717, 1.165) is 33.0 Å². The van der Waals surface area contributed by atoms with E-state index in [1.54, 1.807) is 29.5 Å². The molecule has 0 saturated carbocycles. The molecule has 0 fully saturated rings. The van der Waals surface area contributed by atoms with Gasteiger partial charge in [0.15, 0.2) is 0 Å². The minimum atomic E-state index is -3.62. The summed E-state index contributed by atoms with van der Waals surface area (Å²) in [6, 6.07) is 27.3. The van der Waals surface area contributed by atoms with Crippen LogP contribution in [0.1, 0.15) is 12.7 Å². The van der Waals surface area contributed by atoms with Crippen molar-refractivity contribution in [1.29, 1.82) is 0 Å². The molecule has 0 amide bonds. The van der Waals surface area contributed by atoms with Crippen LogP contribution in [0.25, 0.3) is 48.6 Å². The van der Waals surface area contributed by atoms with Crippen molar-refractivity contribution in [3.05, 3.63) is 90.8 Å². The van der Waals surface area contributed by atoms with E-state index in [4.69, 9.17) is 9.97 Å². The lowest BCUT2D eigenvalue weighted by Gasteiger charge is -2.21. The quantitative estimate of drug-likeness (QED) is 0.275. The maximum absolute atomic E-state index is 13.5. The number of fused-ring (bicyclic) bond motifs is 3. The number of thiazole rings is 1. The molecule has 0 atom stereocenters. The van der Waals surface area contributed by atoms with Crippen LogP contribution in [-0.2, 0) is 16.3 Å². The number of hydrogen-bond donors (Lipinski definition) is 0. The second kappa shape index (κ2) is 7.34. The number of aryl methyl sites for hydroxylation is 1. The van der Waals surface area contributed by atoms with E-state index in [1.165, 1.54) is 4.70 Å². The van der Waals surface area contributed by atoms with E-state index >= 15 is 0 Å². The first-order chi connectivity index (χ1) is 17.0. The molecule has 7 rings (SSSR count). The minimum Gasteiger partial charge on any atom is -0.294 e. The molecular weight excluding hydrogens is 474 g/mol. The molecule has 0 aliphatic carbocycles. The van der Waals surface area contributed by atoms with Crippen molar-refractivity contribution in [2.45, 2.75) is 23.1 Å². The second-order valence-electron chi connectivity index (χ2n) is 8.59. The minimum absolute atomic E-state index is 0.319. The summed E-state index contributed by atoms with van der Waals surface area (Å²) in [5.41, 5.74) is 6.08. The van der Waals surface area contributed by atoms with Crippen molar-refractivity contribution in [3.8, 4) is 27.4 Å². The highest BCUT2D eigenvalue weighted by Gasteiger charge is 2.33. The number of hydrogen-bond acceptors (Lipinski definition) is 5. The number of para-hydroxylation sites is 2. The van der Waals surface area contributed by atoms with E-state index < -0.39 is 9.84 Å². The van der Waals surface area contributed by atoms with Crippen molar-refractivity contribution in [2.24, 2.45) is 0 Å². The molecule has 4 aromatic carbocycles. The number of sulfone groups is 1. The Hall–Kier alpha value is -3.81. The Morgan fingerprint density at radius 3 is 2.31 bits per heavy atom. The van der Waals surface area contributed by atoms with Crippen molar-refractivity contribution in [1.82, 2.24) is 14.5 Å². The molecule has 1 aliphatic rings. The zero-order valence-corrected chi connectivity index (χ0v) is 20.4. The van der Waals surface area contributed by atoms with Gasteiger partial charge in [-0.1, -0.05) is 55.5 Å². The first-order valence-corrected chi connectivity index (χ1v) is 13.7. The van der Waals surface area contributed by atoms with Gasteiger partial charge in [-0.25, -0.2) is 18.4 Å². The SMILES string of the molecule is CCc1nc2cccc3c2n1-c1cc(-c2ccc(-c4nc5ccccc5s4)cc2)ccc1S3(=O)=O. The zero-order valence-electron chi connectivity index (χ0n) is 18.8. The van der Waals surface area contributed by atoms with E-state index in [2.05, 4.69) is 30.3 Å². The second-order valence-corrected chi connectivity index (χ2v) is 11.5. The largest absolute Gasteiger partial charge is 0.294 e. The molecule has 1 aliphatic heterocycles. The molecule has 3 heterocycles. The van der Waals surface area contributed by atoms with E-state index in [9.17, 15) is 8.42 Å². The molecule has 2 aromatic heterocycles. The summed E-state index contributed by atoms with van der Waals surface area (Å²) < 4.78 is 30.1. The van der Waals surface area contributed by atoms with E-state index in [1.807, 2.05) is 47.9 Å². The van der Waals surface area contributed by atoms with Crippen LogP contribution in [0.15, 0.2) is 94.7 Å². The fraction of sp³-hybridized carbons (Fsp3) is 0.0714. The van der Waals surface area contributed by atoms with E-state index in [0.29, 0.717) is 32.9 Å². The lowest BCUT2D eigenvalue weighted by Crippen LogP contribution is -2.15. The molecule has 35 heavy (non-hydrogen) atoms. The summed E-state index contributed by atoms with van der Waals surface area (Å²) in [5.74, 6) is 0.854. The van der Waals surface area contributed by atoms with Crippen LogP contribution in [0.4, 0.5) is 0 Å². The fourth-order valence-corrected chi connectivity index (χ4v) is 7.46. The Labute approximate surface area is 206 Å². The first-order valence-electron chi connectivity index (χ1n) is 11.4. The smallest absolute Gasteiger partial charge is 0.210 e. The van der Waals surface area contributed by atoms with E-state index in [-0.39, 0.29) is 0 Å². The molecule has 170 valence electrons. The molecular formula is C28H19N3O2S2. The van der Waals surface area contributed by atoms with Gasteiger partial charge in [0, 0.05) is 12.0 Å². The lowest BCUT2D eigenvalue weighted by molar-refractivity contribution is 0.594. The van der Waals surface area contributed by atoms with Gasteiger partial charge in [-0.15, -0.1) is 11.3 Å². The monoisotopic (exact) mass is 493 g/mol. The number of nitrogens with zero attached hydrogens (tertiary/aromatic N) is 3. The normalized spacial score (nSPS) is 13.9. The van der Waals surface area contributed by atoms with Crippen LogP contribution in [0, 0.1) is 0 Å². The van der Waals surface area contributed by atoms with Crippen molar-refractivity contribution < 1.29 is 8.42 Å². The van der Waals surface area contributed by atoms with Gasteiger partial charge in [0.2, 0.25) is 9.84 Å². The predicted octanol–water partition coefficient (Wildman–Crippen LogP) is 6.68. The van der Waals surface area contributed by atoms with Gasteiger partial charge >= 0.3 is 0 Å². The maximum atomic E-state index is 13.5. The van der Waals surface area contributed by atoms with Gasteiger partial charge < -0.3 is 0 Å². The third-order valence-corrected chi connectivity index (χ3v) is 9.48. The summed E-state index contributed by atoms with van der Waals surface area (Å²) in [5, 5.41) is 0.985. The van der Waals surface area contributed by atoms with Gasteiger partial charge in [-0.3, -0.25) is 4.57 Å². The maximum Gasteiger partial charge on any atom is 0.210 e. The zero-order chi connectivity index (χ0) is 23.7. The number of aromatic nitrogens is 3. The van der Waals surface area contributed by atoms with Crippen LogP contribution in [-0.4, -0.2) is 23.0 Å². The van der Waals surface area contributed by atoms with Crippen LogP contribution in [0.5, 0.6) is 0 Å². The summed E-state index contributed by atoms with van der Waals surface area (Å²) >= 11 is 1.68. The average molecular weight is 494 g/mol. The summed E-state index contributed by atoms with van der Waals surface area (Å²) in [6.45, 7) is 2.04. The first kappa shape index (κ1) is 20.6. The lowest BCUT2D eigenvalue weighted by atomic mass is 10.0. The van der Waals surface area contributed by atoms with Crippen LogP contribution in [0.3, 0.4) is 0 Å². The number of benzene rings is 4. The molecule has 0 unspecified atom stereocenters. The highest BCUT2D eigenvalue weighted by Crippen LogP contribution is 2.41. The summed E-state index contributed by atoms with van der Waals surface area (Å²) in [4.78, 5) is 10.1. The third-order valence-electron chi connectivity index (χ3n) is 6.56.